The number of rotatable bonds is 2. The van der Waals surface area contributed by atoms with Crippen LogP contribution < -0.4 is 16.0 Å². The number of hydrogen-bond acceptors (Lipinski definition) is 7. The maximum absolute atomic E-state index is 11.7. The van der Waals surface area contributed by atoms with E-state index in [2.05, 4.69) is 9.69 Å². The highest BCUT2D eigenvalue weighted by Gasteiger charge is 2.27. The van der Waals surface area contributed by atoms with Crippen molar-refractivity contribution < 1.29 is 13.2 Å². The van der Waals surface area contributed by atoms with Crippen molar-refractivity contribution in [2.45, 2.75) is 11.3 Å². The average molecular weight is 290 g/mol. The van der Waals surface area contributed by atoms with Crippen LogP contribution in [0.1, 0.15) is 6.42 Å². The first-order valence-corrected chi connectivity index (χ1v) is 8.03. The largest absolute Gasteiger partial charge is 0.382 e. The second kappa shape index (κ2) is 4.73. The van der Waals surface area contributed by atoms with Gasteiger partial charge in [-0.1, -0.05) is 0 Å². The number of nitrogen functional groups attached to an aromatic ring is 1. The fourth-order valence-corrected chi connectivity index (χ4v) is 4.04. The van der Waals surface area contributed by atoms with E-state index >= 15 is 0 Å². The number of nitrogens with one attached hydrogen (secondary N) is 1. The van der Waals surface area contributed by atoms with E-state index in [1.165, 1.54) is 0 Å². The van der Waals surface area contributed by atoms with Crippen molar-refractivity contribution in [3.8, 4) is 0 Å². The molecule has 7 nitrogen and oxygen atoms in total. The number of carbonyl (C=O) groups is 1. The van der Waals surface area contributed by atoms with Gasteiger partial charge < -0.3 is 16.0 Å². The lowest BCUT2D eigenvalue weighted by Gasteiger charge is -2.19. The zero-order valence-electron chi connectivity index (χ0n) is 9.84. The molecule has 1 aromatic heterocycles. The molecule has 100 valence electrons. The molecule has 1 amide bonds. The minimum atomic E-state index is -3.45. The topological polar surface area (TPSA) is 105 Å². The lowest BCUT2D eigenvalue weighted by molar-refractivity contribution is -0.119. The molecular weight excluding hydrogens is 276 g/mol. The van der Waals surface area contributed by atoms with Crippen molar-refractivity contribution in [1.29, 1.82) is 0 Å². The minimum absolute atomic E-state index is 0.00200. The molecule has 1 fully saturated rings. The highest BCUT2D eigenvalue weighted by molar-refractivity contribution is 7.91. The van der Waals surface area contributed by atoms with Gasteiger partial charge in [0.25, 0.3) is 0 Å². The number of aromatic nitrogens is 1. The number of anilines is 2. The summed E-state index contributed by atoms with van der Waals surface area (Å²) in [5.41, 5.74) is 5.60. The van der Waals surface area contributed by atoms with Crippen LogP contribution in [0.4, 0.5) is 10.8 Å². The fraction of sp³-hybridized carbons (Fsp3) is 0.556. The number of carbonyl (C=O) groups excluding carboxylic acids is 1. The Morgan fingerprint density at radius 1 is 1.50 bits per heavy atom. The van der Waals surface area contributed by atoms with Crippen LogP contribution in [0.3, 0.4) is 0 Å². The molecule has 0 spiro atoms. The molecular formula is C9H14N4O3S2. The van der Waals surface area contributed by atoms with E-state index in [0.717, 1.165) is 24.2 Å². The van der Waals surface area contributed by atoms with Crippen LogP contribution in [0.5, 0.6) is 0 Å². The van der Waals surface area contributed by atoms with Crippen molar-refractivity contribution in [2.24, 2.45) is 0 Å². The van der Waals surface area contributed by atoms with Gasteiger partial charge in [-0.05, 0) is 18.0 Å². The van der Waals surface area contributed by atoms with Crippen LogP contribution in [0.2, 0.25) is 0 Å². The smallest absolute Gasteiger partial charge is 0.239 e. The van der Waals surface area contributed by atoms with E-state index in [9.17, 15) is 13.2 Å². The van der Waals surface area contributed by atoms with Gasteiger partial charge in [0.05, 0.1) is 6.54 Å². The van der Waals surface area contributed by atoms with Crippen molar-refractivity contribution >= 4 is 38.1 Å². The predicted molar refractivity (Wildman–Crippen MR) is 69.5 cm³/mol. The molecule has 18 heavy (non-hydrogen) atoms. The van der Waals surface area contributed by atoms with Gasteiger partial charge >= 0.3 is 0 Å². The molecule has 0 radical (unpaired) electrons. The Balaban J connectivity index is 2.42. The van der Waals surface area contributed by atoms with Crippen molar-refractivity contribution in [2.75, 3.05) is 36.5 Å². The summed E-state index contributed by atoms with van der Waals surface area (Å²) in [4.78, 5) is 13.2. The quantitative estimate of drug-likeness (QED) is 0.757. The van der Waals surface area contributed by atoms with E-state index in [-0.39, 0.29) is 23.2 Å². The Morgan fingerprint density at radius 2 is 2.22 bits per heavy atom. The lowest BCUT2D eigenvalue weighted by atomic mass is 10.4. The fourth-order valence-electron chi connectivity index (χ4n) is 1.81. The van der Waals surface area contributed by atoms with Gasteiger partial charge in [-0.3, -0.25) is 4.79 Å². The van der Waals surface area contributed by atoms with Gasteiger partial charge in [-0.2, -0.15) is 4.37 Å². The van der Waals surface area contributed by atoms with Gasteiger partial charge in [0, 0.05) is 19.3 Å². The van der Waals surface area contributed by atoms with E-state index in [1.54, 1.807) is 4.90 Å². The summed E-state index contributed by atoms with van der Waals surface area (Å²) in [7, 11) is -3.45. The first kappa shape index (κ1) is 13.1. The SMILES string of the molecule is CS(=O)(=O)c1c(N)nsc1N1CCCNC(=O)C1. The standard InChI is InChI=1S/C9H14N4O3S2/c1-18(15,16)7-8(10)12-17-9(7)13-4-2-3-11-6(14)5-13/h2-5H2,1H3,(H2,10,12)(H,11,14). The number of hydrogen-bond donors (Lipinski definition) is 2. The van der Waals surface area contributed by atoms with Crippen LogP contribution >= 0.6 is 11.5 Å². The molecule has 1 aliphatic rings. The normalized spacial score (nSPS) is 17.4. The highest BCUT2D eigenvalue weighted by Crippen LogP contribution is 2.34. The highest BCUT2D eigenvalue weighted by atomic mass is 32.2. The van der Waals surface area contributed by atoms with Crippen LogP contribution in [-0.4, -0.2) is 44.6 Å². The molecule has 0 unspecified atom stereocenters. The van der Waals surface area contributed by atoms with Crippen LogP contribution in [0.15, 0.2) is 4.90 Å². The van der Waals surface area contributed by atoms with E-state index in [1.807, 2.05) is 0 Å². The number of nitrogens with two attached hydrogens (primary N) is 1. The zero-order chi connectivity index (χ0) is 13.3. The number of sulfone groups is 1. The Morgan fingerprint density at radius 3 is 2.89 bits per heavy atom. The molecule has 1 aromatic rings. The van der Waals surface area contributed by atoms with Crippen LogP contribution in [-0.2, 0) is 14.6 Å². The van der Waals surface area contributed by atoms with Crippen LogP contribution in [0.25, 0.3) is 0 Å². The minimum Gasteiger partial charge on any atom is -0.382 e. The van der Waals surface area contributed by atoms with Gasteiger partial charge in [0.1, 0.15) is 9.90 Å². The van der Waals surface area contributed by atoms with Gasteiger partial charge in [0.2, 0.25) is 5.91 Å². The Labute approximate surface area is 109 Å². The molecule has 3 N–H and O–H groups in total. The van der Waals surface area contributed by atoms with Crippen molar-refractivity contribution in [3.05, 3.63) is 0 Å². The first-order chi connectivity index (χ1) is 8.39. The molecule has 1 saturated heterocycles. The molecule has 1 aliphatic heterocycles. The third kappa shape index (κ3) is 2.56. The number of amides is 1. The first-order valence-electron chi connectivity index (χ1n) is 5.36. The molecule has 0 saturated carbocycles. The predicted octanol–water partition coefficient (Wildman–Crippen LogP) is -0.545. The number of nitrogens with zero attached hydrogens (tertiary/aromatic N) is 2. The Bertz CT molecular complexity index is 566. The summed E-state index contributed by atoms with van der Waals surface area (Å²) in [6.07, 6.45) is 1.85. The molecule has 2 heterocycles. The summed E-state index contributed by atoms with van der Waals surface area (Å²) in [6.45, 7) is 1.32. The van der Waals surface area contributed by atoms with Crippen LogP contribution in [0, 0.1) is 0 Å². The molecule has 9 heteroatoms. The molecule has 0 aromatic carbocycles. The molecule has 0 aliphatic carbocycles. The average Bonchev–Trinajstić information content (AvgIpc) is 2.51. The van der Waals surface area contributed by atoms with Gasteiger partial charge in [0.15, 0.2) is 15.7 Å². The van der Waals surface area contributed by atoms with Gasteiger partial charge in [-0.25, -0.2) is 8.42 Å². The summed E-state index contributed by atoms with van der Waals surface area (Å²) < 4.78 is 27.3. The third-order valence-electron chi connectivity index (χ3n) is 2.58. The summed E-state index contributed by atoms with van der Waals surface area (Å²) in [5.74, 6) is -0.124. The maximum Gasteiger partial charge on any atom is 0.239 e. The molecule has 2 rings (SSSR count). The zero-order valence-corrected chi connectivity index (χ0v) is 11.5. The van der Waals surface area contributed by atoms with E-state index in [4.69, 9.17) is 5.73 Å². The maximum atomic E-state index is 11.7. The van der Waals surface area contributed by atoms with Crippen molar-refractivity contribution in [1.82, 2.24) is 9.69 Å². The monoisotopic (exact) mass is 290 g/mol. The summed E-state index contributed by atoms with van der Waals surface area (Å²) >= 11 is 1.01. The Hall–Kier alpha value is -1.35. The Kier molecular flexibility index (Phi) is 3.44. The van der Waals surface area contributed by atoms with Crippen molar-refractivity contribution in [3.63, 3.8) is 0 Å². The van der Waals surface area contributed by atoms with Gasteiger partial charge in [-0.15, -0.1) is 0 Å². The van der Waals surface area contributed by atoms with E-state index in [0.29, 0.717) is 18.1 Å². The second-order valence-electron chi connectivity index (χ2n) is 4.10. The van der Waals surface area contributed by atoms with E-state index < -0.39 is 9.84 Å². The molecule has 0 atom stereocenters. The second-order valence-corrected chi connectivity index (χ2v) is 6.80. The third-order valence-corrected chi connectivity index (χ3v) is 4.77. The summed E-state index contributed by atoms with van der Waals surface area (Å²) in [6, 6.07) is 0. The lowest BCUT2D eigenvalue weighted by Crippen LogP contribution is -2.33. The summed E-state index contributed by atoms with van der Waals surface area (Å²) in [5, 5.41) is 3.18. The molecule has 0 bridgehead atoms.